The number of anilines is 1. The number of nitrogens with one attached hydrogen (secondary N) is 1. The molecule has 3 N–H and O–H groups in total. The Kier molecular flexibility index (Phi) is 4.55. The van der Waals surface area contributed by atoms with Crippen LogP contribution in [0.4, 0.5) is 5.00 Å². The number of carbonyl (C=O) groups is 2. The zero-order chi connectivity index (χ0) is 13.8. The van der Waals surface area contributed by atoms with Crippen molar-refractivity contribution in [3.8, 4) is 0 Å². The number of nitrogens with zero attached hydrogens (tertiary/aromatic N) is 1. The van der Waals surface area contributed by atoms with Gasteiger partial charge in [-0.15, -0.1) is 11.3 Å². The van der Waals surface area contributed by atoms with E-state index >= 15 is 0 Å². The molecule has 6 heteroatoms. The first-order valence-electron chi connectivity index (χ1n) is 6.45. The lowest BCUT2D eigenvalue weighted by Crippen LogP contribution is -2.39. The first kappa shape index (κ1) is 14.0. The molecule has 0 unspecified atom stereocenters. The molecule has 1 atom stereocenters. The number of amides is 2. The van der Waals surface area contributed by atoms with Gasteiger partial charge in [-0.2, -0.15) is 0 Å². The van der Waals surface area contributed by atoms with Gasteiger partial charge in [0.2, 0.25) is 5.91 Å². The lowest BCUT2D eigenvalue weighted by atomic mass is 10.0. The molecule has 0 spiro atoms. The molecule has 1 aromatic heterocycles. The Morgan fingerprint density at radius 1 is 1.58 bits per heavy atom. The van der Waals surface area contributed by atoms with Crippen LogP contribution in [-0.4, -0.2) is 36.3 Å². The lowest BCUT2D eigenvalue weighted by Gasteiger charge is -2.30. The minimum atomic E-state index is -0.511. The SMILES string of the molecule is C[C@H]1CCCN(CC(=O)Nc2sccc2C(N)=O)C1. The fraction of sp³-hybridized carbons (Fsp3) is 0.538. The molecule has 19 heavy (non-hydrogen) atoms. The number of thiophene rings is 1. The highest BCUT2D eigenvalue weighted by molar-refractivity contribution is 7.14. The third kappa shape index (κ3) is 3.78. The van der Waals surface area contributed by atoms with Gasteiger partial charge in [0.15, 0.2) is 0 Å². The van der Waals surface area contributed by atoms with Crippen LogP contribution in [0.2, 0.25) is 0 Å². The first-order chi connectivity index (χ1) is 9.06. The summed E-state index contributed by atoms with van der Waals surface area (Å²) in [7, 11) is 0. The second-order valence-electron chi connectivity index (χ2n) is 5.06. The van der Waals surface area contributed by atoms with Gasteiger partial charge in [-0.1, -0.05) is 6.92 Å². The quantitative estimate of drug-likeness (QED) is 0.878. The number of hydrogen-bond donors (Lipinski definition) is 2. The predicted octanol–water partition coefficient (Wildman–Crippen LogP) is 1.52. The normalized spacial score (nSPS) is 20.2. The summed E-state index contributed by atoms with van der Waals surface area (Å²) in [6, 6.07) is 1.63. The van der Waals surface area contributed by atoms with Gasteiger partial charge >= 0.3 is 0 Å². The van der Waals surface area contributed by atoms with Crippen LogP contribution in [0.25, 0.3) is 0 Å². The summed E-state index contributed by atoms with van der Waals surface area (Å²) in [5.74, 6) is 0.0478. The number of likely N-dealkylation sites (tertiary alicyclic amines) is 1. The van der Waals surface area contributed by atoms with E-state index in [1.54, 1.807) is 11.4 Å². The van der Waals surface area contributed by atoms with Gasteiger partial charge in [-0.25, -0.2) is 0 Å². The van der Waals surface area contributed by atoms with E-state index in [4.69, 9.17) is 5.73 Å². The average molecular weight is 281 g/mol. The van der Waals surface area contributed by atoms with Crippen molar-refractivity contribution in [2.24, 2.45) is 11.7 Å². The Labute approximate surface area is 116 Å². The highest BCUT2D eigenvalue weighted by Crippen LogP contribution is 2.22. The molecule has 1 aromatic rings. The van der Waals surface area contributed by atoms with E-state index < -0.39 is 5.91 Å². The summed E-state index contributed by atoms with van der Waals surface area (Å²) in [4.78, 5) is 25.3. The maximum atomic E-state index is 12.0. The average Bonchev–Trinajstić information content (AvgIpc) is 2.76. The molecule has 0 aromatic carbocycles. The smallest absolute Gasteiger partial charge is 0.251 e. The molecule has 0 aliphatic carbocycles. The van der Waals surface area contributed by atoms with Crippen molar-refractivity contribution in [3.63, 3.8) is 0 Å². The zero-order valence-corrected chi connectivity index (χ0v) is 11.8. The molecule has 2 heterocycles. The molecule has 1 fully saturated rings. The molecule has 0 saturated carbocycles. The summed E-state index contributed by atoms with van der Waals surface area (Å²) < 4.78 is 0. The Morgan fingerprint density at radius 3 is 3.05 bits per heavy atom. The van der Waals surface area contributed by atoms with Gasteiger partial charge in [0.1, 0.15) is 5.00 Å². The Balaban J connectivity index is 1.90. The van der Waals surface area contributed by atoms with Gasteiger partial charge in [0, 0.05) is 6.54 Å². The van der Waals surface area contributed by atoms with E-state index in [1.807, 2.05) is 0 Å². The van der Waals surface area contributed by atoms with E-state index in [-0.39, 0.29) is 5.91 Å². The van der Waals surface area contributed by atoms with Crippen molar-refractivity contribution >= 4 is 28.2 Å². The Bertz CT molecular complexity index is 472. The summed E-state index contributed by atoms with van der Waals surface area (Å²) in [6.07, 6.45) is 2.37. The Morgan fingerprint density at radius 2 is 2.37 bits per heavy atom. The van der Waals surface area contributed by atoms with E-state index in [2.05, 4.69) is 17.1 Å². The number of piperidine rings is 1. The monoisotopic (exact) mass is 281 g/mol. The number of rotatable bonds is 4. The minimum absolute atomic E-state index is 0.0842. The van der Waals surface area contributed by atoms with Crippen LogP contribution in [0.1, 0.15) is 30.1 Å². The highest BCUT2D eigenvalue weighted by Gasteiger charge is 2.19. The van der Waals surface area contributed by atoms with Gasteiger partial charge < -0.3 is 11.1 Å². The van der Waals surface area contributed by atoms with Crippen molar-refractivity contribution in [3.05, 3.63) is 17.0 Å². The maximum absolute atomic E-state index is 12.0. The molecule has 2 amide bonds. The van der Waals surface area contributed by atoms with E-state index in [9.17, 15) is 9.59 Å². The van der Waals surface area contributed by atoms with Crippen LogP contribution in [0.3, 0.4) is 0 Å². The van der Waals surface area contributed by atoms with Crippen molar-refractivity contribution < 1.29 is 9.59 Å². The standard InChI is InChI=1S/C13H19N3O2S/c1-9-3-2-5-16(7-9)8-11(17)15-13-10(12(14)18)4-6-19-13/h4,6,9H,2-3,5,7-8H2,1H3,(H2,14,18)(H,15,17)/t9-/m0/s1. The van der Waals surface area contributed by atoms with E-state index in [0.717, 1.165) is 19.5 Å². The number of carbonyl (C=O) groups excluding carboxylic acids is 2. The number of hydrogen-bond acceptors (Lipinski definition) is 4. The van der Waals surface area contributed by atoms with Crippen molar-refractivity contribution in [1.29, 1.82) is 0 Å². The molecular formula is C13H19N3O2S. The van der Waals surface area contributed by atoms with Crippen LogP contribution in [0.15, 0.2) is 11.4 Å². The fourth-order valence-corrected chi connectivity index (χ4v) is 3.21. The molecule has 1 aliphatic rings. The minimum Gasteiger partial charge on any atom is -0.366 e. The van der Waals surface area contributed by atoms with Crippen LogP contribution >= 0.6 is 11.3 Å². The topological polar surface area (TPSA) is 75.4 Å². The van der Waals surface area contributed by atoms with Gasteiger partial charge in [-0.05, 0) is 36.8 Å². The van der Waals surface area contributed by atoms with Crippen molar-refractivity contribution in [2.75, 3.05) is 25.0 Å². The summed E-state index contributed by atoms with van der Waals surface area (Å²) in [6.45, 7) is 4.50. The predicted molar refractivity (Wildman–Crippen MR) is 76.3 cm³/mol. The zero-order valence-electron chi connectivity index (χ0n) is 11.0. The first-order valence-corrected chi connectivity index (χ1v) is 7.33. The largest absolute Gasteiger partial charge is 0.366 e. The van der Waals surface area contributed by atoms with Crippen LogP contribution in [0, 0.1) is 5.92 Å². The molecule has 0 radical (unpaired) electrons. The molecule has 2 rings (SSSR count). The number of nitrogens with two attached hydrogens (primary N) is 1. The van der Waals surface area contributed by atoms with Crippen LogP contribution in [-0.2, 0) is 4.79 Å². The third-order valence-electron chi connectivity index (χ3n) is 3.29. The second-order valence-corrected chi connectivity index (χ2v) is 5.97. The van der Waals surface area contributed by atoms with Crippen LogP contribution in [0.5, 0.6) is 0 Å². The molecule has 5 nitrogen and oxygen atoms in total. The maximum Gasteiger partial charge on any atom is 0.251 e. The third-order valence-corrected chi connectivity index (χ3v) is 4.12. The molecule has 1 saturated heterocycles. The van der Waals surface area contributed by atoms with Crippen molar-refractivity contribution in [2.45, 2.75) is 19.8 Å². The fourth-order valence-electron chi connectivity index (χ4n) is 2.40. The van der Waals surface area contributed by atoms with Gasteiger partial charge in [-0.3, -0.25) is 14.5 Å². The molecule has 1 aliphatic heterocycles. The lowest BCUT2D eigenvalue weighted by molar-refractivity contribution is -0.117. The van der Waals surface area contributed by atoms with E-state index in [0.29, 0.717) is 23.0 Å². The summed E-state index contributed by atoms with van der Waals surface area (Å²) in [5, 5.41) is 5.06. The molecular weight excluding hydrogens is 262 g/mol. The summed E-state index contributed by atoms with van der Waals surface area (Å²) >= 11 is 1.32. The van der Waals surface area contributed by atoms with Crippen molar-refractivity contribution in [1.82, 2.24) is 4.90 Å². The second kappa shape index (κ2) is 6.16. The molecule has 104 valence electrons. The van der Waals surface area contributed by atoms with Gasteiger partial charge in [0.05, 0.1) is 12.1 Å². The van der Waals surface area contributed by atoms with E-state index in [1.165, 1.54) is 17.8 Å². The Hall–Kier alpha value is -1.40. The highest BCUT2D eigenvalue weighted by atomic mass is 32.1. The summed E-state index contributed by atoms with van der Waals surface area (Å²) in [5.41, 5.74) is 5.62. The van der Waals surface area contributed by atoms with Gasteiger partial charge in [0.25, 0.3) is 5.91 Å². The van der Waals surface area contributed by atoms with Crippen LogP contribution < -0.4 is 11.1 Å². The molecule has 0 bridgehead atoms. The number of primary amides is 1.